The summed E-state index contributed by atoms with van der Waals surface area (Å²) in [5.41, 5.74) is 3.97. The molecule has 1 heterocycles. The molecule has 0 atom stereocenters. The van der Waals surface area contributed by atoms with Crippen LogP contribution in [-0.4, -0.2) is 11.0 Å². The monoisotopic (exact) mass is 351 g/mol. The van der Waals surface area contributed by atoms with Crippen LogP contribution in [0.4, 0.5) is 10.5 Å². The summed E-state index contributed by atoms with van der Waals surface area (Å²) < 4.78 is 5.70. The van der Waals surface area contributed by atoms with E-state index in [-0.39, 0.29) is 8.88 Å². The Hall–Kier alpha value is -3.34. The molecule has 5 nitrogen and oxygen atoms in total. The molecule has 0 spiro atoms. The van der Waals surface area contributed by atoms with Crippen LogP contribution in [-0.2, 0) is 13.2 Å². The van der Waals surface area contributed by atoms with Crippen molar-refractivity contribution < 1.29 is 12.4 Å². The number of carbonyl (C=O) groups excluding carboxylic acids is 1. The number of aromatic nitrogens is 1. The van der Waals surface area contributed by atoms with E-state index in [2.05, 4.69) is 15.6 Å². The maximum atomic E-state index is 12.0. The lowest BCUT2D eigenvalue weighted by molar-refractivity contribution is 0.251. The number of hydrogen-bond donors (Lipinski definition) is 2. The van der Waals surface area contributed by atoms with Gasteiger partial charge >= 0.3 is 6.03 Å². The molecule has 0 aliphatic heterocycles. The second kappa shape index (κ2) is 8.67. The van der Waals surface area contributed by atoms with Gasteiger partial charge in [-0.05, 0) is 42.8 Å². The summed E-state index contributed by atoms with van der Waals surface area (Å²) in [6, 6.07) is 18.9. The Balaban J connectivity index is 0.00000196. The minimum Gasteiger partial charge on any atom is -0.489 e. The Bertz CT molecular complexity index is 842. The average Bonchev–Trinajstić information content (AvgIpc) is 2.68. The largest absolute Gasteiger partial charge is 0.489 e. The molecule has 0 aliphatic rings. The van der Waals surface area contributed by atoms with Crippen LogP contribution in [0.2, 0.25) is 0 Å². The number of hydrogen-bond acceptors (Lipinski definition) is 3. The first-order chi connectivity index (χ1) is 12.7. The second-order valence-corrected chi connectivity index (χ2v) is 5.97. The molecule has 5 heteroatoms. The molecule has 26 heavy (non-hydrogen) atoms. The van der Waals surface area contributed by atoms with E-state index in [9.17, 15) is 4.79 Å². The van der Waals surface area contributed by atoms with Crippen molar-refractivity contribution in [1.29, 1.82) is 0 Å². The zero-order valence-electron chi connectivity index (χ0n) is 14.6. The molecule has 0 bridgehead atoms. The van der Waals surface area contributed by atoms with Crippen LogP contribution >= 0.6 is 0 Å². The van der Waals surface area contributed by atoms with Gasteiger partial charge in [-0.1, -0.05) is 35.9 Å². The summed E-state index contributed by atoms with van der Waals surface area (Å²) in [4.78, 5) is 16.0. The van der Waals surface area contributed by atoms with Crippen LogP contribution in [0.5, 0.6) is 5.75 Å². The topological polar surface area (TPSA) is 63.2 Å². The van der Waals surface area contributed by atoms with Gasteiger partial charge in [-0.3, -0.25) is 4.98 Å². The number of nitrogens with zero attached hydrogens (tertiary/aromatic N) is 1. The first kappa shape index (κ1) is 17.5. The highest BCUT2D eigenvalue weighted by Crippen LogP contribution is 2.17. The lowest BCUT2D eigenvalue weighted by atomic mass is 10.1. The SMILES string of the molecule is Cc1ccc(CNC(=O)Nc2ccc(OCc3cccnc3)cc2)cc1.[HH].[HH]. The molecule has 2 aromatic carbocycles. The fourth-order valence-electron chi connectivity index (χ4n) is 2.35. The third-order valence-electron chi connectivity index (χ3n) is 3.81. The Kier molecular flexibility index (Phi) is 5.83. The van der Waals surface area contributed by atoms with Crippen molar-refractivity contribution in [1.82, 2.24) is 10.3 Å². The van der Waals surface area contributed by atoms with Gasteiger partial charge in [-0.25, -0.2) is 4.79 Å². The number of rotatable bonds is 6. The van der Waals surface area contributed by atoms with Crippen LogP contribution in [0, 0.1) is 6.92 Å². The van der Waals surface area contributed by atoms with Gasteiger partial charge in [-0.2, -0.15) is 0 Å². The Morgan fingerprint density at radius 1 is 1.04 bits per heavy atom. The third kappa shape index (κ3) is 5.34. The Labute approximate surface area is 156 Å². The molecule has 3 rings (SSSR count). The van der Waals surface area contributed by atoms with E-state index < -0.39 is 0 Å². The quantitative estimate of drug-likeness (QED) is 0.671. The van der Waals surface area contributed by atoms with Gasteiger partial charge in [0.05, 0.1) is 0 Å². The highest BCUT2D eigenvalue weighted by molar-refractivity contribution is 5.89. The standard InChI is InChI=1S/C21H21N3O2.2H2/c1-16-4-6-17(7-5-16)14-23-21(25)24-19-8-10-20(11-9-19)26-15-18-3-2-12-22-13-18;;/h2-13H,14-15H2,1H3,(H2,23,24,25);2*1H. The van der Waals surface area contributed by atoms with Crippen LogP contribution < -0.4 is 15.4 Å². The number of amides is 2. The summed E-state index contributed by atoms with van der Waals surface area (Å²) in [7, 11) is 0. The first-order valence-corrected chi connectivity index (χ1v) is 8.41. The molecule has 2 amide bonds. The molecule has 0 saturated heterocycles. The minimum absolute atomic E-state index is 0. The number of benzene rings is 2. The summed E-state index contributed by atoms with van der Waals surface area (Å²) >= 11 is 0. The van der Waals surface area contributed by atoms with Gasteiger partial charge in [0.1, 0.15) is 12.4 Å². The van der Waals surface area contributed by atoms with Gasteiger partial charge in [0.25, 0.3) is 0 Å². The average molecular weight is 351 g/mol. The van der Waals surface area contributed by atoms with Gasteiger partial charge in [0.2, 0.25) is 0 Å². The highest BCUT2D eigenvalue weighted by atomic mass is 16.5. The summed E-state index contributed by atoms with van der Waals surface area (Å²) in [6.07, 6.45) is 3.50. The van der Waals surface area contributed by atoms with Gasteiger partial charge in [-0.15, -0.1) is 0 Å². The fourth-order valence-corrected chi connectivity index (χ4v) is 2.35. The van der Waals surface area contributed by atoms with E-state index in [1.807, 2.05) is 67.6 Å². The minimum atomic E-state index is -0.241. The molecule has 136 valence electrons. The normalized spacial score (nSPS) is 10.2. The smallest absolute Gasteiger partial charge is 0.319 e. The van der Waals surface area contributed by atoms with Crippen molar-refractivity contribution in [3.63, 3.8) is 0 Å². The van der Waals surface area contributed by atoms with Gasteiger partial charge < -0.3 is 15.4 Å². The number of pyridine rings is 1. The molecule has 0 aliphatic carbocycles. The van der Waals surface area contributed by atoms with E-state index in [0.29, 0.717) is 18.8 Å². The number of nitrogens with one attached hydrogen (secondary N) is 2. The van der Waals surface area contributed by atoms with Crippen LogP contribution in [0.15, 0.2) is 73.1 Å². The third-order valence-corrected chi connectivity index (χ3v) is 3.81. The Morgan fingerprint density at radius 3 is 2.50 bits per heavy atom. The van der Waals surface area contributed by atoms with Crippen molar-refractivity contribution in [2.75, 3.05) is 5.32 Å². The molecular weight excluding hydrogens is 326 g/mol. The zero-order chi connectivity index (χ0) is 18.2. The molecule has 1 aromatic heterocycles. The van der Waals surface area contributed by atoms with Crippen LogP contribution in [0.1, 0.15) is 19.5 Å². The van der Waals surface area contributed by atoms with Gasteiger partial charge in [0, 0.05) is 33.0 Å². The maximum Gasteiger partial charge on any atom is 0.319 e. The van der Waals surface area contributed by atoms with Crippen molar-refractivity contribution in [3.8, 4) is 5.75 Å². The van der Waals surface area contributed by atoms with E-state index >= 15 is 0 Å². The number of urea groups is 1. The molecular formula is C21H25N3O2. The lowest BCUT2D eigenvalue weighted by Crippen LogP contribution is -2.28. The van der Waals surface area contributed by atoms with Crippen LogP contribution in [0.3, 0.4) is 0 Å². The molecule has 0 radical (unpaired) electrons. The lowest BCUT2D eigenvalue weighted by Gasteiger charge is -2.09. The van der Waals surface area contributed by atoms with E-state index in [1.165, 1.54) is 5.56 Å². The highest BCUT2D eigenvalue weighted by Gasteiger charge is 2.03. The fraction of sp³-hybridized carbons (Fsp3) is 0.143. The number of carbonyl (C=O) groups is 1. The zero-order valence-corrected chi connectivity index (χ0v) is 14.6. The van der Waals surface area contributed by atoms with E-state index in [0.717, 1.165) is 16.9 Å². The molecule has 0 fully saturated rings. The summed E-state index contributed by atoms with van der Waals surface area (Å²) in [6.45, 7) is 2.98. The maximum absolute atomic E-state index is 12.0. The number of ether oxygens (including phenoxy) is 1. The van der Waals surface area contributed by atoms with Crippen molar-refractivity contribution in [2.24, 2.45) is 0 Å². The molecule has 2 N–H and O–H groups in total. The van der Waals surface area contributed by atoms with Crippen LogP contribution in [0.25, 0.3) is 0 Å². The molecule has 3 aromatic rings. The summed E-state index contributed by atoms with van der Waals surface area (Å²) in [5, 5.41) is 5.65. The predicted molar refractivity (Wildman–Crippen MR) is 106 cm³/mol. The molecule has 0 saturated carbocycles. The van der Waals surface area contributed by atoms with Crippen molar-refractivity contribution in [3.05, 3.63) is 89.7 Å². The number of aryl methyl sites for hydroxylation is 1. The predicted octanol–water partition coefficient (Wildman–Crippen LogP) is 4.78. The molecule has 0 unspecified atom stereocenters. The first-order valence-electron chi connectivity index (χ1n) is 8.41. The van der Waals surface area contributed by atoms with E-state index in [1.54, 1.807) is 12.4 Å². The van der Waals surface area contributed by atoms with E-state index in [4.69, 9.17) is 4.74 Å². The van der Waals surface area contributed by atoms with Gasteiger partial charge in [0.15, 0.2) is 0 Å². The second-order valence-electron chi connectivity index (χ2n) is 5.97. The summed E-state index contributed by atoms with van der Waals surface area (Å²) in [5.74, 6) is 0.736. The van der Waals surface area contributed by atoms with Crippen molar-refractivity contribution in [2.45, 2.75) is 20.1 Å². The number of anilines is 1. The van der Waals surface area contributed by atoms with Crippen molar-refractivity contribution >= 4 is 11.7 Å². The Morgan fingerprint density at radius 2 is 1.81 bits per heavy atom.